The second-order valence-corrected chi connectivity index (χ2v) is 8.22. The first-order chi connectivity index (χ1) is 15.7. The largest absolute Gasteiger partial charge is 0.338 e. The van der Waals surface area contributed by atoms with Crippen molar-refractivity contribution in [1.82, 2.24) is 29.9 Å². The van der Waals surface area contributed by atoms with Crippen molar-refractivity contribution in [3.8, 4) is 28.5 Å². The molecule has 0 bridgehead atoms. The molecule has 3 aromatic heterocycles. The van der Waals surface area contributed by atoms with Gasteiger partial charge in [0.25, 0.3) is 0 Å². The van der Waals surface area contributed by atoms with Gasteiger partial charge in [0.2, 0.25) is 11.7 Å². The van der Waals surface area contributed by atoms with E-state index < -0.39 is 0 Å². The Balaban J connectivity index is 1.47. The minimum Gasteiger partial charge on any atom is -0.338 e. The van der Waals surface area contributed by atoms with Gasteiger partial charge in [0, 0.05) is 23.5 Å². The number of hydrogen-bond donors (Lipinski definition) is 0. The van der Waals surface area contributed by atoms with Gasteiger partial charge >= 0.3 is 0 Å². The van der Waals surface area contributed by atoms with Gasteiger partial charge in [0.05, 0.1) is 11.4 Å². The molecule has 0 aliphatic carbocycles. The van der Waals surface area contributed by atoms with Crippen LogP contribution < -0.4 is 0 Å². The average molecular weight is 441 g/mol. The van der Waals surface area contributed by atoms with Gasteiger partial charge in [-0.15, -0.1) is 10.2 Å². The van der Waals surface area contributed by atoms with Crippen LogP contribution >= 0.6 is 11.8 Å². The first-order valence-corrected chi connectivity index (χ1v) is 11.1. The van der Waals surface area contributed by atoms with Crippen molar-refractivity contribution in [1.29, 1.82) is 0 Å². The molecule has 0 N–H and O–H groups in total. The smallest absolute Gasteiger partial charge is 0.237 e. The third kappa shape index (κ3) is 3.92. The Morgan fingerprint density at radius 3 is 2.41 bits per heavy atom. The summed E-state index contributed by atoms with van der Waals surface area (Å²) in [4.78, 5) is 8.69. The van der Waals surface area contributed by atoms with Crippen molar-refractivity contribution < 1.29 is 4.52 Å². The van der Waals surface area contributed by atoms with Crippen LogP contribution in [0.5, 0.6) is 0 Å². The third-order valence-electron chi connectivity index (χ3n) is 5.11. The minimum atomic E-state index is 0.485. The SMILES string of the molecule is Cc1ccccc1-c1noc(CSc2nnc(-c3ccncc3)n2-c2ccccc2C)n1. The molecule has 2 aromatic carbocycles. The predicted octanol–water partition coefficient (Wildman–Crippen LogP) is 5.29. The molecule has 7 nitrogen and oxygen atoms in total. The molecule has 0 radical (unpaired) electrons. The van der Waals surface area contributed by atoms with Crippen molar-refractivity contribution in [3.63, 3.8) is 0 Å². The van der Waals surface area contributed by atoms with Crippen LogP contribution in [0.15, 0.2) is 82.7 Å². The highest BCUT2D eigenvalue weighted by Gasteiger charge is 2.19. The lowest BCUT2D eigenvalue weighted by Gasteiger charge is -2.12. The van der Waals surface area contributed by atoms with Crippen molar-refractivity contribution in [2.24, 2.45) is 0 Å². The summed E-state index contributed by atoms with van der Waals surface area (Å²) in [7, 11) is 0. The third-order valence-corrected chi connectivity index (χ3v) is 6.02. The van der Waals surface area contributed by atoms with E-state index in [9.17, 15) is 0 Å². The molecule has 0 unspecified atom stereocenters. The number of rotatable bonds is 6. The van der Waals surface area contributed by atoms with Crippen LogP contribution in [0, 0.1) is 13.8 Å². The fourth-order valence-corrected chi connectivity index (χ4v) is 4.24. The molecule has 158 valence electrons. The van der Waals surface area contributed by atoms with E-state index in [1.54, 1.807) is 12.4 Å². The van der Waals surface area contributed by atoms with Gasteiger partial charge in [-0.3, -0.25) is 9.55 Å². The summed E-state index contributed by atoms with van der Waals surface area (Å²) < 4.78 is 7.57. The topological polar surface area (TPSA) is 82.5 Å². The summed E-state index contributed by atoms with van der Waals surface area (Å²) in [6, 6.07) is 20.0. The normalized spacial score (nSPS) is 11.1. The fraction of sp³-hybridized carbons (Fsp3) is 0.125. The Morgan fingerprint density at radius 1 is 0.875 bits per heavy atom. The first-order valence-electron chi connectivity index (χ1n) is 10.1. The van der Waals surface area contributed by atoms with E-state index in [1.807, 2.05) is 55.5 Å². The van der Waals surface area contributed by atoms with Crippen molar-refractivity contribution in [2.75, 3.05) is 0 Å². The molecule has 0 atom stereocenters. The van der Waals surface area contributed by atoms with E-state index in [0.717, 1.165) is 38.9 Å². The number of thioether (sulfide) groups is 1. The van der Waals surface area contributed by atoms with Gasteiger partial charge in [-0.25, -0.2) is 0 Å². The zero-order valence-electron chi connectivity index (χ0n) is 17.6. The molecular formula is C24H20N6OS. The summed E-state index contributed by atoms with van der Waals surface area (Å²) in [6.45, 7) is 4.11. The minimum absolute atomic E-state index is 0.485. The molecule has 0 spiro atoms. The summed E-state index contributed by atoms with van der Waals surface area (Å²) in [6.07, 6.45) is 3.51. The van der Waals surface area contributed by atoms with Crippen LogP contribution in [0.4, 0.5) is 0 Å². The summed E-state index contributed by atoms with van der Waals surface area (Å²) in [5.74, 6) is 2.38. The van der Waals surface area contributed by atoms with Crippen molar-refractivity contribution in [2.45, 2.75) is 24.8 Å². The lowest BCUT2D eigenvalue weighted by molar-refractivity contribution is 0.391. The lowest BCUT2D eigenvalue weighted by Crippen LogP contribution is -2.02. The molecule has 0 aliphatic rings. The second kappa shape index (κ2) is 8.76. The van der Waals surface area contributed by atoms with E-state index in [4.69, 9.17) is 4.52 Å². The number of nitrogens with zero attached hydrogens (tertiary/aromatic N) is 6. The van der Waals surface area contributed by atoms with Crippen molar-refractivity contribution >= 4 is 11.8 Å². The Hall–Kier alpha value is -3.78. The van der Waals surface area contributed by atoms with Crippen LogP contribution in [-0.2, 0) is 5.75 Å². The predicted molar refractivity (Wildman–Crippen MR) is 123 cm³/mol. The molecule has 5 rings (SSSR count). The second-order valence-electron chi connectivity index (χ2n) is 7.28. The number of hydrogen-bond acceptors (Lipinski definition) is 7. The molecule has 32 heavy (non-hydrogen) atoms. The maximum atomic E-state index is 5.51. The van der Waals surface area contributed by atoms with E-state index in [-0.39, 0.29) is 0 Å². The highest BCUT2D eigenvalue weighted by Crippen LogP contribution is 2.31. The molecule has 0 fully saturated rings. The number of aromatic nitrogens is 6. The van der Waals surface area contributed by atoms with Gasteiger partial charge in [-0.2, -0.15) is 4.98 Å². The van der Waals surface area contributed by atoms with Crippen LogP contribution in [0.3, 0.4) is 0 Å². The maximum Gasteiger partial charge on any atom is 0.237 e. The molecule has 8 heteroatoms. The maximum absolute atomic E-state index is 5.51. The number of pyridine rings is 1. The quantitative estimate of drug-likeness (QED) is 0.332. The van der Waals surface area contributed by atoms with Gasteiger partial charge < -0.3 is 4.52 Å². The van der Waals surface area contributed by atoms with E-state index in [2.05, 4.69) is 48.9 Å². The van der Waals surface area contributed by atoms with Crippen LogP contribution in [0.1, 0.15) is 17.0 Å². The molecule has 3 heterocycles. The average Bonchev–Trinajstić information content (AvgIpc) is 3.46. The number of para-hydroxylation sites is 1. The van der Waals surface area contributed by atoms with Crippen molar-refractivity contribution in [3.05, 3.63) is 90.1 Å². The van der Waals surface area contributed by atoms with Gasteiger partial charge in [0.15, 0.2) is 11.0 Å². The molecule has 5 aromatic rings. The van der Waals surface area contributed by atoms with E-state index in [1.165, 1.54) is 11.8 Å². The van der Waals surface area contributed by atoms with Gasteiger partial charge in [-0.1, -0.05) is 59.4 Å². The first kappa shape index (κ1) is 20.1. The van der Waals surface area contributed by atoms with Gasteiger partial charge in [0.1, 0.15) is 0 Å². The van der Waals surface area contributed by atoms with Crippen LogP contribution in [-0.4, -0.2) is 29.9 Å². The number of aryl methyl sites for hydroxylation is 2. The standard InChI is InChI=1S/C24H20N6OS/c1-16-7-3-5-9-19(16)22-26-21(31-29-22)15-32-24-28-27-23(18-11-13-25-14-12-18)30(24)20-10-6-4-8-17(20)2/h3-14H,15H2,1-2H3. The molecule has 0 saturated heterocycles. The monoisotopic (exact) mass is 440 g/mol. The molecular weight excluding hydrogens is 420 g/mol. The van der Waals surface area contributed by atoms with E-state index in [0.29, 0.717) is 17.5 Å². The molecule has 0 amide bonds. The van der Waals surface area contributed by atoms with Crippen LogP contribution in [0.25, 0.3) is 28.5 Å². The van der Waals surface area contributed by atoms with Crippen LogP contribution in [0.2, 0.25) is 0 Å². The highest BCUT2D eigenvalue weighted by molar-refractivity contribution is 7.98. The number of benzene rings is 2. The Kier molecular flexibility index (Phi) is 5.51. The zero-order chi connectivity index (χ0) is 21.9. The Morgan fingerprint density at radius 2 is 1.62 bits per heavy atom. The summed E-state index contributed by atoms with van der Waals surface area (Å²) >= 11 is 1.51. The molecule has 0 aliphatic heterocycles. The Labute approximate surface area is 189 Å². The summed E-state index contributed by atoms with van der Waals surface area (Å²) in [5, 5.41) is 13.9. The Bertz CT molecular complexity index is 1360. The summed E-state index contributed by atoms with van der Waals surface area (Å²) in [5.41, 5.74) is 5.17. The van der Waals surface area contributed by atoms with E-state index >= 15 is 0 Å². The zero-order valence-corrected chi connectivity index (χ0v) is 18.5. The van der Waals surface area contributed by atoms with Gasteiger partial charge in [-0.05, 0) is 43.2 Å². The lowest BCUT2D eigenvalue weighted by atomic mass is 10.1. The molecule has 0 saturated carbocycles. The fourth-order valence-electron chi connectivity index (χ4n) is 3.46. The highest BCUT2D eigenvalue weighted by atomic mass is 32.2.